The van der Waals surface area contributed by atoms with Crippen molar-refractivity contribution in [1.29, 1.82) is 0 Å². The molecule has 0 bridgehead atoms. The molecule has 0 aliphatic rings. The van der Waals surface area contributed by atoms with E-state index in [4.69, 9.17) is 0 Å². The lowest BCUT2D eigenvalue weighted by molar-refractivity contribution is -0.116. The van der Waals surface area contributed by atoms with Crippen molar-refractivity contribution in [3.05, 3.63) is 110 Å². The number of carbonyl (C=O) groups is 1. The van der Waals surface area contributed by atoms with Gasteiger partial charge in [-0.2, -0.15) is 0 Å². The number of carbonyl (C=O) groups excluding carboxylic acids is 1. The summed E-state index contributed by atoms with van der Waals surface area (Å²) < 4.78 is 3.47. The van der Waals surface area contributed by atoms with Gasteiger partial charge in [0.1, 0.15) is 6.54 Å². The molecular formula is C24H20BrN3O3. The van der Waals surface area contributed by atoms with Crippen LogP contribution >= 0.6 is 15.9 Å². The van der Waals surface area contributed by atoms with Gasteiger partial charge in [-0.05, 0) is 48.4 Å². The number of halogens is 1. The molecule has 0 unspecified atom stereocenters. The van der Waals surface area contributed by atoms with Crippen molar-refractivity contribution in [3.63, 3.8) is 0 Å². The minimum atomic E-state index is -0.495. The van der Waals surface area contributed by atoms with E-state index in [1.54, 1.807) is 36.4 Å². The third kappa shape index (κ3) is 4.67. The molecule has 1 N–H and O–H groups in total. The van der Waals surface area contributed by atoms with E-state index in [2.05, 4.69) is 21.2 Å². The van der Waals surface area contributed by atoms with Gasteiger partial charge in [-0.3, -0.25) is 18.7 Å². The zero-order valence-corrected chi connectivity index (χ0v) is 18.2. The maximum atomic E-state index is 13.2. The van der Waals surface area contributed by atoms with Crippen LogP contribution in [0.3, 0.4) is 0 Å². The standard InChI is InChI=1S/C24H20BrN3O3/c25-18-10-12-19(13-11-18)26-22(29)16-28-21-9-5-4-8-20(21)23(30)27(24(28)31)15-14-17-6-2-1-3-7-17/h1-13H,14-16H2,(H,26,29). The first-order valence-electron chi connectivity index (χ1n) is 9.84. The third-order valence-corrected chi connectivity index (χ3v) is 5.56. The largest absolute Gasteiger partial charge is 0.331 e. The molecule has 0 spiro atoms. The number of anilines is 1. The van der Waals surface area contributed by atoms with Gasteiger partial charge in [-0.25, -0.2) is 4.79 Å². The van der Waals surface area contributed by atoms with Crippen LogP contribution in [0.4, 0.5) is 5.69 Å². The summed E-state index contributed by atoms with van der Waals surface area (Å²) in [6, 6.07) is 23.7. The van der Waals surface area contributed by atoms with E-state index in [9.17, 15) is 14.4 Å². The quantitative estimate of drug-likeness (QED) is 0.458. The van der Waals surface area contributed by atoms with Crippen molar-refractivity contribution < 1.29 is 4.79 Å². The van der Waals surface area contributed by atoms with Crippen LogP contribution in [0.1, 0.15) is 5.56 Å². The number of nitrogens with zero attached hydrogens (tertiary/aromatic N) is 2. The van der Waals surface area contributed by atoms with Crippen LogP contribution in [0.2, 0.25) is 0 Å². The van der Waals surface area contributed by atoms with Gasteiger partial charge in [-0.1, -0.05) is 58.4 Å². The zero-order valence-electron chi connectivity index (χ0n) is 16.6. The van der Waals surface area contributed by atoms with Gasteiger partial charge in [0.25, 0.3) is 5.56 Å². The summed E-state index contributed by atoms with van der Waals surface area (Å²) >= 11 is 3.36. The monoisotopic (exact) mass is 477 g/mol. The molecule has 1 heterocycles. The Morgan fingerprint density at radius 3 is 2.26 bits per heavy atom. The van der Waals surface area contributed by atoms with Gasteiger partial charge in [0.05, 0.1) is 10.9 Å². The molecular weight excluding hydrogens is 458 g/mol. The molecule has 1 aromatic heterocycles. The number of aromatic nitrogens is 2. The Bertz CT molecular complexity index is 1340. The number of para-hydroxylation sites is 1. The first-order valence-corrected chi connectivity index (χ1v) is 10.6. The van der Waals surface area contributed by atoms with E-state index in [0.717, 1.165) is 10.0 Å². The first kappa shape index (κ1) is 20.8. The second kappa shape index (κ2) is 9.14. The van der Waals surface area contributed by atoms with E-state index in [0.29, 0.717) is 23.0 Å². The normalized spacial score (nSPS) is 10.9. The minimum absolute atomic E-state index is 0.193. The van der Waals surface area contributed by atoms with E-state index < -0.39 is 5.69 Å². The highest BCUT2D eigenvalue weighted by molar-refractivity contribution is 9.10. The average molecular weight is 478 g/mol. The second-order valence-corrected chi connectivity index (χ2v) is 8.05. The maximum absolute atomic E-state index is 13.2. The van der Waals surface area contributed by atoms with Crippen LogP contribution in [0.15, 0.2) is 92.9 Å². The molecule has 7 heteroatoms. The van der Waals surface area contributed by atoms with Crippen LogP contribution in [-0.4, -0.2) is 15.0 Å². The second-order valence-electron chi connectivity index (χ2n) is 7.13. The maximum Gasteiger partial charge on any atom is 0.331 e. The number of fused-ring (bicyclic) bond motifs is 1. The molecule has 4 aromatic rings. The molecule has 0 saturated heterocycles. The molecule has 0 fully saturated rings. The zero-order chi connectivity index (χ0) is 21.8. The fourth-order valence-corrected chi connectivity index (χ4v) is 3.75. The minimum Gasteiger partial charge on any atom is -0.325 e. The number of benzene rings is 3. The van der Waals surface area contributed by atoms with Crippen molar-refractivity contribution in [2.75, 3.05) is 5.32 Å². The number of hydrogen-bond donors (Lipinski definition) is 1. The first-order chi connectivity index (χ1) is 15.0. The van der Waals surface area contributed by atoms with Crippen LogP contribution in [0.5, 0.6) is 0 Å². The van der Waals surface area contributed by atoms with Gasteiger partial charge in [0, 0.05) is 16.7 Å². The van der Waals surface area contributed by atoms with Crippen molar-refractivity contribution in [2.45, 2.75) is 19.5 Å². The SMILES string of the molecule is O=C(Cn1c(=O)n(CCc2ccccc2)c(=O)c2ccccc21)Nc1ccc(Br)cc1. The molecule has 31 heavy (non-hydrogen) atoms. The Balaban J connectivity index is 1.68. The topological polar surface area (TPSA) is 73.1 Å². The van der Waals surface area contributed by atoms with Crippen molar-refractivity contribution in [2.24, 2.45) is 0 Å². The molecule has 1 amide bonds. The lowest BCUT2D eigenvalue weighted by atomic mass is 10.1. The van der Waals surface area contributed by atoms with Crippen LogP contribution in [0.25, 0.3) is 10.9 Å². The Hall–Kier alpha value is -3.45. The molecule has 0 radical (unpaired) electrons. The summed E-state index contributed by atoms with van der Waals surface area (Å²) in [6.45, 7) is 0.0435. The van der Waals surface area contributed by atoms with E-state index in [-0.39, 0.29) is 24.6 Å². The average Bonchev–Trinajstić information content (AvgIpc) is 2.79. The summed E-state index contributed by atoms with van der Waals surface area (Å²) in [5, 5.41) is 3.20. The molecule has 6 nitrogen and oxygen atoms in total. The Kier molecular flexibility index (Phi) is 6.13. The fraction of sp³-hybridized carbons (Fsp3) is 0.125. The predicted molar refractivity (Wildman–Crippen MR) is 125 cm³/mol. The van der Waals surface area contributed by atoms with E-state index in [1.165, 1.54) is 9.13 Å². The van der Waals surface area contributed by atoms with Crippen molar-refractivity contribution >= 4 is 38.4 Å². The summed E-state index contributed by atoms with van der Waals surface area (Å²) in [7, 11) is 0. The van der Waals surface area contributed by atoms with Gasteiger partial charge in [-0.15, -0.1) is 0 Å². The summed E-state index contributed by atoms with van der Waals surface area (Å²) in [5.41, 5.74) is 1.26. The van der Waals surface area contributed by atoms with E-state index >= 15 is 0 Å². The van der Waals surface area contributed by atoms with Crippen LogP contribution in [-0.2, 0) is 24.3 Å². The molecule has 0 atom stereocenters. The fourth-order valence-electron chi connectivity index (χ4n) is 3.48. The number of nitrogens with one attached hydrogen (secondary N) is 1. The molecule has 0 aliphatic heterocycles. The smallest absolute Gasteiger partial charge is 0.325 e. The summed E-state index contributed by atoms with van der Waals surface area (Å²) in [4.78, 5) is 38.8. The Labute approximate surface area is 186 Å². The molecule has 156 valence electrons. The number of hydrogen-bond acceptors (Lipinski definition) is 3. The lowest BCUT2D eigenvalue weighted by Crippen LogP contribution is -2.42. The van der Waals surface area contributed by atoms with Gasteiger partial charge >= 0.3 is 5.69 Å². The van der Waals surface area contributed by atoms with Crippen LogP contribution in [0, 0.1) is 0 Å². The molecule has 0 saturated carbocycles. The van der Waals surface area contributed by atoms with Crippen LogP contribution < -0.4 is 16.6 Å². The highest BCUT2D eigenvalue weighted by Crippen LogP contribution is 2.14. The molecule has 3 aromatic carbocycles. The predicted octanol–water partition coefficient (Wildman–Crippen LogP) is 3.81. The van der Waals surface area contributed by atoms with Gasteiger partial charge in [0.2, 0.25) is 5.91 Å². The highest BCUT2D eigenvalue weighted by Gasteiger charge is 2.15. The number of amides is 1. The number of rotatable bonds is 6. The van der Waals surface area contributed by atoms with Crippen molar-refractivity contribution in [3.8, 4) is 0 Å². The molecule has 4 rings (SSSR count). The molecule has 0 aliphatic carbocycles. The van der Waals surface area contributed by atoms with Crippen molar-refractivity contribution in [1.82, 2.24) is 9.13 Å². The third-order valence-electron chi connectivity index (χ3n) is 5.03. The summed E-state index contributed by atoms with van der Waals surface area (Å²) in [5.74, 6) is -0.345. The van der Waals surface area contributed by atoms with Gasteiger partial charge in [0.15, 0.2) is 0 Å². The Morgan fingerprint density at radius 1 is 0.839 bits per heavy atom. The highest BCUT2D eigenvalue weighted by atomic mass is 79.9. The Morgan fingerprint density at radius 2 is 1.52 bits per heavy atom. The summed E-state index contributed by atoms with van der Waals surface area (Å²) in [6.07, 6.45) is 0.541. The van der Waals surface area contributed by atoms with E-state index in [1.807, 2.05) is 42.5 Å². The van der Waals surface area contributed by atoms with Gasteiger partial charge < -0.3 is 5.32 Å². The lowest BCUT2D eigenvalue weighted by Gasteiger charge is -2.14. The number of aryl methyl sites for hydroxylation is 1.